The Balaban J connectivity index is 1.58. The quantitative estimate of drug-likeness (QED) is 0.179. The first kappa shape index (κ1) is 30.2. The Morgan fingerprint density at radius 1 is 0.805 bits per heavy atom. The van der Waals surface area contributed by atoms with Crippen molar-refractivity contribution in [1.29, 1.82) is 0 Å². The number of hydrogen-bond acceptors (Lipinski definition) is 4. The van der Waals surface area contributed by atoms with Crippen LogP contribution in [0.1, 0.15) is 22.3 Å². The number of hydrogen-bond donors (Lipinski definition) is 4. The minimum Gasteiger partial charge on any atom is -0.325 e. The maximum atomic E-state index is 14.1. The topological polar surface area (TPSA) is 133 Å². The predicted octanol–water partition coefficient (Wildman–Crippen LogP) is 5.03. The average molecular weight is 601 g/mol. The summed E-state index contributed by atoms with van der Waals surface area (Å²) in [5, 5.41) is 2.73. The molecule has 8 nitrogen and oxygen atoms in total. The third-order valence-electron chi connectivity index (χ3n) is 6.22. The molecule has 1 atom stereocenters. The molecule has 0 fully saturated rings. The zero-order chi connectivity index (χ0) is 29.7. The Hall–Kier alpha value is -3.73. The van der Waals surface area contributed by atoms with Gasteiger partial charge in [0, 0.05) is 11.3 Å². The zero-order valence-electron chi connectivity index (χ0n) is 21.5. The van der Waals surface area contributed by atoms with Gasteiger partial charge in [0.25, 0.3) is 0 Å². The standard InChI is InChI=1S/C29H27F2N2O6PS/c30-29(31,40(35,36)37)24-16-14-22(15-17-24)20-27(33-41(38,39)26-12-5-2-6-13-26)28(34)32-25-11-7-10-23(19-25)18-21-8-3-1-4-9-21/h1-17,19,27,33H,18,20H2,(H,32,34)(H2,35,36,37). The minimum atomic E-state index is -5.77. The van der Waals surface area contributed by atoms with Gasteiger partial charge in [-0.1, -0.05) is 84.9 Å². The molecule has 0 saturated carbocycles. The number of benzene rings is 4. The monoisotopic (exact) mass is 600 g/mol. The van der Waals surface area contributed by atoms with Crippen molar-refractivity contribution in [3.05, 3.63) is 131 Å². The lowest BCUT2D eigenvalue weighted by Gasteiger charge is -2.20. The average Bonchev–Trinajstić information content (AvgIpc) is 2.93. The van der Waals surface area contributed by atoms with E-state index in [9.17, 15) is 26.6 Å². The van der Waals surface area contributed by atoms with E-state index in [0.717, 1.165) is 35.4 Å². The number of sulfonamides is 1. The molecule has 0 heterocycles. The van der Waals surface area contributed by atoms with Gasteiger partial charge in [0.15, 0.2) is 0 Å². The molecule has 4 aromatic carbocycles. The molecule has 0 aliphatic heterocycles. The van der Waals surface area contributed by atoms with Gasteiger partial charge in [0.05, 0.1) is 4.90 Å². The Labute approximate surface area is 236 Å². The lowest BCUT2D eigenvalue weighted by atomic mass is 10.0. The number of alkyl halides is 2. The molecule has 41 heavy (non-hydrogen) atoms. The molecule has 0 aliphatic carbocycles. The molecular weight excluding hydrogens is 573 g/mol. The highest BCUT2D eigenvalue weighted by Gasteiger charge is 2.50. The molecule has 0 saturated heterocycles. The SMILES string of the molecule is O=C(Nc1cccc(Cc2ccccc2)c1)C(Cc1ccc(C(F)(F)P(=O)(O)O)cc1)NS(=O)(=O)c1ccccc1. The molecule has 0 aliphatic rings. The van der Waals surface area contributed by atoms with Crippen LogP contribution in [0.4, 0.5) is 14.5 Å². The van der Waals surface area contributed by atoms with Crippen molar-refractivity contribution >= 4 is 29.2 Å². The fourth-order valence-electron chi connectivity index (χ4n) is 4.11. The van der Waals surface area contributed by atoms with Gasteiger partial charge in [0.2, 0.25) is 15.9 Å². The van der Waals surface area contributed by atoms with Crippen LogP contribution in [-0.2, 0) is 37.9 Å². The summed E-state index contributed by atoms with van der Waals surface area (Å²) in [5.41, 5.74) is -2.61. The van der Waals surface area contributed by atoms with Crippen molar-refractivity contribution in [2.75, 3.05) is 5.32 Å². The summed E-state index contributed by atoms with van der Waals surface area (Å²) in [7, 11) is -9.92. The number of carbonyl (C=O) groups excluding carboxylic acids is 1. The Morgan fingerprint density at radius 2 is 1.39 bits per heavy atom. The molecule has 1 amide bonds. The largest absolute Gasteiger partial charge is 0.399 e. The Kier molecular flexibility index (Phi) is 9.16. The van der Waals surface area contributed by atoms with Crippen LogP contribution in [0.2, 0.25) is 0 Å². The van der Waals surface area contributed by atoms with E-state index in [1.807, 2.05) is 36.4 Å². The summed E-state index contributed by atoms with van der Waals surface area (Å²) >= 11 is 0. The van der Waals surface area contributed by atoms with Gasteiger partial charge in [0.1, 0.15) is 6.04 Å². The summed E-state index contributed by atoms with van der Waals surface area (Å²) in [5.74, 6) is -0.689. The highest BCUT2D eigenvalue weighted by molar-refractivity contribution is 7.89. The van der Waals surface area contributed by atoms with Crippen molar-refractivity contribution in [1.82, 2.24) is 4.72 Å². The van der Waals surface area contributed by atoms with Crippen LogP contribution in [0, 0.1) is 0 Å². The second-order valence-corrected chi connectivity index (χ2v) is 12.7. The first-order valence-corrected chi connectivity index (χ1v) is 15.5. The van der Waals surface area contributed by atoms with Gasteiger partial charge < -0.3 is 15.1 Å². The van der Waals surface area contributed by atoms with Gasteiger partial charge in [-0.3, -0.25) is 9.36 Å². The van der Waals surface area contributed by atoms with Crippen molar-refractivity contribution in [2.45, 2.75) is 29.4 Å². The lowest BCUT2D eigenvalue weighted by molar-refractivity contribution is -0.117. The van der Waals surface area contributed by atoms with Crippen molar-refractivity contribution < 1.29 is 36.3 Å². The fourth-order valence-corrected chi connectivity index (χ4v) is 5.81. The second-order valence-electron chi connectivity index (χ2n) is 9.33. The van der Waals surface area contributed by atoms with Crippen LogP contribution in [0.3, 0.4) is 0 Å². The van der Waals surface area contributed by atoms with E-state index in [-0.39, 0.29) is 16.9 Å². The highest BCUT2D eigenvalue weighted by Crippen LogP contribution is 2.59. The van der Waals surface area contributed by atoms with Crippen molar-refractivity contribution in [2.24, 2.45) is 0 Å². The predicted molar refractivity (Wildman–Crippen MR) is 151 cm³/mol. The summed E-state index contributed by atoms with van der Waals surface area (Å²) in [4.78, 5) is 31.3. The van der Waals surface area contributed by atoms with E-state index in [0.29, 0.717) is 12.1 Å². The molecule has 214 valence electrons. The third kappa shape index (κ3) is 7.72. The molecule has 0 bridgehead atoms. The van der Waals surface area contributed by atoms with Gasteiger partial charge >= 0.3 is 13.3 Å². The van der Waals surface area contributed by atoms with Crippen LogP contribution in [0.5, 0.6) is 0 Å². The summed E-state index contributed by atoms with van der Waals surface area (Å²) in [6.07, 6.45) is 0.379. The molecule has 0 aromatic heterocycles. The first-order valence-electron chi connectivity index (χ1n) is 12.4. The van der Waals surface area contributed by atoms with E-state index < -0.39 is 40.8 Å². The molecule has 0 radical (unpaired) electrons. The van der Waals surface area contributed by atoms with Gasteiger partial charge in [-0.25, -0.2) is 8.42 Å². The maximum absolute atomic E-state index is 14.1. The maximum Gasteiger partial charge on any atom is 0.399 e. The molecule has 0 spiro atoms. The molecule has 4 N–H and O–H groups in total. The van der Waals surface area contributed by atoms with Crippen LogP contribution < -0.4 is 10.0 Å². The van der Waals surface area contributed by atoms with Gasteiger partial charge in [-0.05, 0) is 53.8 Å². The van der Waals surface area contributed by atoms with Crippen LogP contribution >= 0.6 is 7.60 Å². The minimum absolute atomic E-state index is 0.0701. The molecule has 12 heteroatoms. The van der Waals surface area contributed by atoms with E-state index in [1.54, 1.807) is 24.3 Å². The van der Waals surface area contributed by atoms with Crippen molar-refractivity contribution in [3.8, 4) is 0 Å². The number of carbonyl (C=O) groups is 1. The number of anilines is 1. The normalized spacial score (nSPS) is 13.0. The Bertz CT molecular complexity index is 1650. The molecular formula is C29H27F2N2O6PS. The van der Waals surface area contributed by atoms with Crippen molar-refractivity contribution in [3.63, 3.8) is 0 Å². The van der Waals surface area contributed by atoms with Gasteiger partial charge in [-0.15, -0.1) is 0 Å². The number of halogens is 2. The lowest BCUT2D eigenvalue weighted by Crippen LogP contribution is -2.45. The number of nitrogens with one attached hydrogen (secondary N) is 2. The van der Waals surface area contributed by atoms with E-state index in [2.05, 4.69) is 10.0 Å². The molecule has 4 rings (SSSR count). The van der Waals surface area contributed by atoms with E-state index >= 15 is 0 Å². The van der Waals surface area contributed by atoms with Crippen LogP contribution in [0.15, 0.2) is 114 Å². The summed E-state index contributed by atoms with van der Waals surface area (Å²) < 4.78 is 67.9. The van der Waals surface area contributed by atoms with Gasteiger partial charge in [-0.2, -0.15) is 13.5 Å². The fraction of sp³-hybridized carbons (Fsp3) is 0.138. The van der Waals surface area contributed by atoms with Crippen LogP contribution in [-0.4, -0.2) is 30.2 Å². The summed E-state index contributed by atoms with van der Waals surface area (Å²) in [6, 6.07) is 26.9. The number of amides is 1. The van der Waals surface area contributed by atoms with E-state index in [4.69, 9.17) is 9.79 Å². The molecule has 1 unspecified atom stereocenters. The third-order valence-corrected chi connectivity index (χ3v) is 8.70. The molecule has 4 aromatic rings. The zero-order valence-corrected chi connectivity index (χ0v) is 23.2. The Morgan fingerprint density at radius 3 is 2.00 bits per heavy atom. The van der Waals surface area contributed by atoms with E-state index in [1.165, 1.54) is 24.3 Å². The highest BCUT2D eigenvalue weighted by atomic mass is 32.2. The number of rotatable bonds is 11. The van der Waals surface area contributed by atoms with Crippen LogP contribution in [0.25, 0.3) is 0 Å². The first-order chi connectivity index (χ1) is 19.3. The smallest absolute Gasteiger partial charge is 0.325 e. The second kappa shape index (κ2) is 12.4. The summed E-state index contributed by atoms with van der Waals surface area (Å²) in [6.45, 7) is 0.